The lowest BCUT2D eigenvalue weighted by atomic mass is 10.2. The smallest absolute Gasteiger partial charge is 0.171 e. The van der Waals surface area contributed by atoms with Crippen molar-refractivity contribution in [2.45, 2.75) is 6.61 Å². The molecule has 0 bridgehead atoms. The lowest BCUT2D eigenvalue weighted by molar-refractivity contribution is -0.194. The molecular weight excluding hydrogens is 180 g/mol. The number of rotatable bonds is 0. The number of imidazole rings is 1. The first-order chi connectivity index (χ1) is 6.97. The van der Waals surface area contributed by atoms with Gasteiger partial charge in [0.2, 0.25) is 0 Å². The number of fused-ring (bicyclic) bond motifs is 1. The zero-order valence-electron chi connectivity index (χ0n) is 7.51. The third-order valence-electron chi connectivity index (χ3n) is 1.74. The Balaban J connectivity index is 0.000000128. The van der Waals surface area contributed by atoms with Crippen LogP contribution in [0, 0.1) is 0 Å². The number of aromatic nitrogens is 2. The summed E-state index contributed by atoms with van der Waals surface area (Å²) in [6.07, 6.45) is 5.08. The molecule has 1 aromatic carbocycles. The summed E-state index contributed by atoms with van der Waals surface area (Å²) in [6.45, 7) is 0.580. The van der Waals surface area contributed by atoms with Gasteiger partial charge in [-0.2, -0.15) is 4.89 Å². The SMILES string of the molecule is c1c[nH]cn1.c1ccc2c(c1)COO2. The van der Waals surface area contributed by atoms with Gasteiger partial charge < -0.3 is 9.87 Å². The van der Waals surface area contributed by atoms with E-state index < -0.39 is 0 Å². The summed E-state index contributed by atoms with van der Waals surface area (Å²) in [4.78, 5) is 15.9. The van der Waals surface area contributed by atoms with Crippen LogP contribution in [0.3, 0.4) is 0 Å². The average Bonchev–Trinajstić information content (AvgIpc) is 2.92. The molecule has 0 saturated heterocycles. The van der Waals surface area contributed by atoms with E-state index in [4.69, 9.17) is 9.78 Å². The molecule has 0 saturated carbocycles. The zero-order valence-corrected chi connectivity index (χ0v) is 7.51. The summed E-state index contributed by atoms with van der Waals surface area (Å²) in [5.41, 5.74) is 1.12. The van der Waals surface area contributed by atoms with E-state index >= 15 is 0 Å². The van der Waals surface area contributed by atoms with Crippen LogP contribution < -0.4 is 4.89 Å². The van der Waals surface area contributed by atoms with E-state index in [1.165, 1.54) is 0 Å². The Hall–Kier alpha value is -1.81. The van der Waals surface area contributed by atoms with Crippen molar-refractivity contribution < 1.29 is 9.78 Å². The largest absolute Gasteiger partial charge is 0.351 e. The Morgan fingerprint density at radius 1 is 1.29 bits per heavy atom. The van der Waals surface area contributed by atoms with Gasteiger partial charge >= 0.3 is 0 Å². The van der Waals surface area contributed by atoms with E-state index in [0.29, 0.717) is 6.61 Å². The number of aromatic amines is 1. The highest BCUT2D eigenvalue weighted by Gasteiger charge is 2.10. The van der Waals surface area contributed by atoms with E-state index in [-0.39, 0.29) is 0 Å². The van der Waals surface area contributed by atoms with Gasteiger partial charge in [0.1, 0.15) is 6.61 Å². The van der Waals surface area contributed by atoms with Gasteiger partial charge in [-0.1, -0.05) is 18.2 Å². The van der Waals surface area contributed by atoms with Crippen molar-refractivity contribution in [3.63, 3.8) is 0 Å². The minimum absolute atomic E-state index is 0.580. The molecule has 4 heteroatoms. The van der Waals surface area contributed by atoms with Crippen LogP contribution in [0.15, 0.2) is 43.0 Å². The molecule has 0 radical (unpaired) electrons. The van der Waals surface area contributed by atoms with Crippen LogP contribution in [0.25, 0.3) is 0 Å². The van der Waals surface area contributed by atoms with Gasteiger partial charge in [0, 0.05) is 18.0 Å². The highest BCUT2D eigenvalue weighted by molar-refractivity contribution is 5.33. The monoisotopic (exact) mass is 190 g/mol. The first-order valence-electron chi connectivity index (χ1n) is 4.27. The third-order valence-corrected chi connectivity index (χ3v) is 1.74. The van der Waals surface area contributed by atoms with Crippen LogP contribution in [-0.4, -0.2) is 9.97 Å². The summed E-state index contributed by atoms with van der Waals surface area (Å²) in [7, 11) is 0. The van der Waals surface area contributed by atoms with Gasteiger partial charge in [0.25, 0.3) is 0 Å². The first kappa shape index (κ1) is 8.77. The number of hydrogen-bond donors (Lipinski definition) is 1. The minimum atomic E-state index is 0.580. The molecule has 0 aliphatic carbocycles. The number of H-pyrrole nitrogens is 1. The van der Waals surface area contributed by atoms with E-state index in [0.717, 1.165) is 11.3 Å². The van der Waals surface area contributed by atoms with Gasteiger partial charge in [0.05, 0.1) is 6.33 Å². The number of para-hydroxylation sites is 1. The molecule has 1 N–H and O–H groups in total. The average molecular weight is 190 g/mol. The van der Waals surface area contributed by atoms with Gasteiger partial charge in [0.15, 0.2) is 5.75 Å². The van der Waals surface area contributed by atoms with E-state index in [1.54, 1.807) is 18.7 Å². The molecule has 0 spiro atoms. The number of nitrogens with one attached hydrogen (secondary N) is 1. The second-order valence-electron chi connectivity index (χ2n) is 2.71. The Labute approximate surface area is 81.4 Å². The van der Waals surface area contributed by atoms with Crippen LogP contribution in [0.1, 0.15) is 5.56 Å². The fraction of sp³-hybridized carbons (Fsp3) is 0.100. The summed E-state index contributed by atoms with van der Waals surface area (Å²) in [5.74, 6) is 0.845. The normalized spacial score (nSPS) is 12.3. The zero-order chi connectivity index (χ0) is 9.64. The van der Waals surface area contributed by atoms with E-state index in [9.17, 15) is 0 Å². The van der Waals surface area contributed by atoms with Crippen LogP contribution in [0.4, 0.5) is 0 Å². The van der Waals surface area contributed by atoms with Crippen LogP contribution in [0.5, 0.6) is 5.75 Å². The molecule has 3 rings (SSSR count). The molecule has 4 nitrogen and oxygen atoms in total. The van der Waals surface area contributed by atoms with E-state index in [1.807, 2.05) is 24.3 Å². The topological polar surface area (TPSA) is 47.1 Å². The van der Waals surface area contributed by atoms with Crippen molar-refractivity contribution >= 4 is 0 Å². The van der Waals surface area contributed by atoms with Crippen molar-refractivity contribution in [3.8, 4) is 5.75 Å². The van der Waals surface area contributed by atoms with Crippen molar-refractivity contribution in [2.75, 3.05) is 0 Å². The van der Waals surface area contributed by atoms with Crippen LogP contribution in [-0.2, 0) is 11.5 Å². The molecular formula is C10H10N2O2. The quantitative estimate of drug-likeness (QED) is 0.645. The maximum absolute atomic E-state index is 4.80. The number of nitrogens with zero attached hydrogens (tertiary/aromatic N) is 1. The molecule has 1 aliphatic rings. The van der Waals surface area contributed by atoms with Crippen molar-refractivity contribution in [2.24, 2.45) is 0 Å². The van der Waals surface area contributed by atoms with Crippen molar-refractivity contribution in [1.82, 2.24) is 9.97 Å². The first-order valence-corrected chi connectivity index (χ1v) is 4.27. The number of benzene rings is 1. The highest BCUT2D eigenvalue weighted by Crippen LogP contribution is 2.24. The Morgan fingerprint density at radius 2 is 2.21 bits per heavy atom. The predicted octanol–water partition coefficient (Wildman–Crippen LogP) is 1.92. The Bertz CT molecular complexity index is 333. The summed E-state index contributed by atoms with van der Waals surface area (Å²) in [6, 6.07) is 7.77. The summed E-state index contributed by atoms with van der Waals surface area (Å²) in [5, 5.41) is 0. The molecule has 14 heavy (non-hydrogen) atoms. The molecule has 0 atom stereocenters. The summed E-state index contributed by atoms with van der Waals surface area (Å²) < 4.78 is 0. The van der Waals surface area contributed by atoms with Crippen LogP contribution in [0.2, 0.25) is 0 Å². The van der Waals surface area contributed by atoms with Crippen molar-refractivity contribution in [3.05, 3.63) is 48.5 Å². The molecule has 0 fully saturated rings. The molecule has 2 aromatic rings. The predicted molar refractivity (Wildman–Crippen MR) is 50.4 cm³/mol. The molecule has 0 unspecified atom stereocenters. The van der Waals surface area contributed by atoms with E-state index in [2.05, 4.69) is 9.97 Å². The van der Waals surface area contributed by atoms with Gasteiger partial charge in [-0.05, 0) is 6.07 Å². The minimum Gasteiger partial charge on any atom is -0.351 e. The highest BCUT2D eigenvalue weighted by atomic mass is 17.2. The Morgan fingerprint density at radius 3 is 2.86 bits per heavy atom. The molecule has 2 heterocycles. The van der Waals surface area contributed by atoms with Crippen molar-refractivity contribution in [1.29, 1.82) is 0 Å². The lowest BCUT2D eigenvalue weighted by Gasteiger charge is -1.89. The van der Waals surface area contributed by atoms with Gasteiger partial charge in [-0.25, -0.2) is 4.98 Å². The maximum atomic E-state index is 4.80. The second-order valence-corrected chi connectivity index (χ2v) is 2.71. The lowest BCUT2D eigenvalue weighted by Crippen LogP contribution is -1.80. The van der Waals surface area contributed by atoms with Gasteiger partial charge in [-0.15, -0.1) is 0 Å². The van der Waals surface area contributed by atoms with Crippen LogP contribution >= 0.6 is 0 Å². The molecule has 0 amide bonds. The van der Waals surface area contributed by atoms with Gasteiger partial charge in [-0.3, -0.25) is 0 Å². The standard InChI is InChI=1S/C7H6O2.C3H4N2/c1-2-4-7-6(3-1)5-8-9-7;1-2-5-3-4-1/h1-4H,5H2;1-3H,(H,4,5). The Kier molecular flexibility index (Phi) is 2.78. The fourth-order valence-corrected chi connectivity index (χ4v) is 1.08. The maximum Gasteiger partial charge on any atom is 0.171 e. The summed E-state index contributed by atoms with van der Waals surface area (Å²) >= 11 is 0. The molecule has 1 aromatic heterocycles. The third kappa shape index (κ3) is 2.11. The molecule has 1 aliphatic heterocycles. The second kappa shape index (κ2) is 4.43. The molecule has 72 valence electrons. The fourth-order valence-electron chi connectivity index (χ4n) is 1.08. The number of hydrogen-bond acceptors (Lipinski definition) is 3.